The molecule has 0 aliphatic carbocycles. The van der Waals surface area contributed by atoms with E-state index in [0.717, 1.165) is 5.56 Å². The molecule has 0 bridgehead atoms. The van der Waals surface area contributed by atoms with Crippen LogP contribution >= 0.6 is 23.4 Å². The molecular formula is C15H14ClN3O2S. The first-order valence-electron chi connectivity index (χ1n) is 6.81. The maximum absolute atomic E-state index is 12.2. The highest BCUT2D eigenvalue weighted by Gasteiger charge is 2.26. The number of hydrogen-bond donors (Lipinski definition) is 1. The molecule has 114 valence electrons. The number of halogens is 1. The van der Waals surface area contributed by atoms with Gasteiger partial charge in [0.15, 0.2) is 5.16 Å². The van der Waals surface area contributed by atoms with Crippen molar-refractivity contribution in [1.29, 1.82) is 0 Å². The summed E-state index contributed by atoms with van der Waals surface area (Å²) in [4.78, 5) is 28.3. The number of nitrogens with one attached hydrogen (secondary N) is 1. The molecule has 1 atom stereocenters. The number of rotatable bonds is 3. The van der Waals surface area contributed by atoms with Gasteiger partial charge in [-0.1, -0.05) is 29.4 Å². The van der Waals surface area contributed by atoms with Crippen molar-refractivity contribution in [3.05, 3.63) is 51.4 Å². The predicted molar refractivity (Wildman–Crippen MR) is 87.7 cm³/mol. The van der Waals surface area contributed by atoms with E-state index in [0.29, 0.717) is 21.6 Å². The van der Waals surface area contributed by atoms with Gasteiger partial charge in [0.2, 0.25) is 5.91 Å². The lowest BCUT2D eigenvalue weighted by Gasteiger charge is -2.13. The van der Waals surface area contributed by atoms with Gasteiger partial charge in [0, 0.05) is 35.1 Å². The molecule has 7 heteroatoms. The Labute approximate surface area is 136 Å². The van der Waals surface area contributed by atoms with Gasteiger partial charge in [-0.05, 0) is 24.6 Å². The van der Waals surface area contributed by atoms with Crippen LogP contribution in [-0.2, 0) is 4.79 Å². The summed E-state index contributed by atoms with van der Waals surface area (Å²) in [5.41, 5.74) is 1.49. The number of nitrogens with zero attached hydrogens (tertiary/aromatic N) is 2. The fourth-order valence-corrected chi connectivity index (χ4v) is 3.64. The van der Waals surface area contributed by atoms with Gasteiger partial charge in [0.05, 0.1) is 6.04 Å². The summed E-state index contributed by atoms with van der Waals surface area (Å²) in [5.74, 6) is 0.531. The Morgan fingerprint density at radius 2 is 2.32 bits per heavy atom. The minimum Gasteiger partial charge on any atom is -0.326 e. The van der Waals surface area contributed by atoms with Gasteiger partial charge in [-0.25, -0.2) is 4.98 Å². The summed E-state index contributed by atoms with van der Waals surface area (Å²) in [7, 11) is 0. The van der Waals surface area contributed by atoms with Crippen LogP contribution < -0.4 is 10.9 Å². The van der Waals surface area contributed by atoms with Gasteiger partial charge in [0.25, 0.3) is 5.56 Å². The van der Waals surface area contributed by atoms with E-state index in [1.165, 1.54) is 24.0 Å². The summed E-state index contributed by atoms with van der Waals surface area (Å²) >= 11 is 7.54. The fraction of sp³-hybridized carbons (Fsp3) is 0.267. The lowest BCUT2D eigenvalue weighted by Crippen LogP contribution is -2.26. The summed E-state index contributed by atoms with van der Waals surface area (Å²) in [6.45, 7) is 1.90. The van der Waals surface area contributed by atoms with Crippen LogP contribution in [0.15, 0.2) is 40.4 Å². The number of aryl methyl sites for hydroxylation is 1. The second kappa shape index (κ2) is 6.14. The third kappa shape index (κ3) is 3.03. The van der Waals surface area contributed by atoms with E-state index in [9.17, 15) is 9.59 Å². The molecule has 0 saturated carbocycles. The Hall–Kier alpha value is -1.79. The highest BCUT2D eigenvalue weighted by molar-refractivity contribution is 7.99. The zero-order valence-corrected chi connectivity index (χ0v) is 13.4. The van der Waals surface area contributed by atoms with Crippen LogP contribution in [0.5, 0.6) is 0 Å². The van der Waals surface area contributed by atoms with Crippen molar-refractivity contribution in [1.82, 2.24) is 9.55 Å². The van der Waals surface area contributed by atoms with E-state index in [4.69, 9.17) is 11.6 Å². The maximum atomic E-state index is 12.2. The zero-order valence-electron chi connectivity index (χ0n) is 11.9. The number of carbonyl (C=O) groups is 1. The van der Waals surface area contributed by atoms with E-state index >= 15 is 0 Å². The van der Waals surface area contributed by atoms with E-state index in [2.05, 4.69) is 10.3 Å². The van der Waals surface area contributed by atoms with Crippen molar-refractivity contribution in [3.8, 4) is 0 Å². The van der Waals surface area contributed by atoms with E-state index in [1.807, 2.05) is 19.1 Å². The smallest absolute Gasteiger partial charge is 0.254 e. The number of carbonyl (C=O) groups excluding carboxylic acids is 1. The molecule has 1 aliphatic heterocycles. The highest BCUT2D eigenvalue weighted by Crippen LogP contribution is 2.31. The second-order valence-corrected chi connectivity index (χ2v) is 6.51. The highest BCUT2D eigenvalue weighted by atomic mass is 35.5. The van der Waals surface area contributed by atoms with Crippen molar-refractivity contribution in [3.63, 3.8) is 0 Å². The average molecular weight is 336 g/mol. The second-order valence-electron chi connectivity index (χ2n) is 5.12. The maximum Gasteiger partial charge on any atom is 0.254 e. The van der Waals surface area contributed by atoms with Gasteiger partial charge in [-0.2, -0.15) is 0 Å². The minimum absolute atomic E-state index is 0.119. The van der Waals surface area contributed by atoms with Gasteiger partial charge in [0.1, 0.15) is 0 Å². The van der Waals surface area contributed by atoms with Crippen molar-refractivity contribution in [2.75, 3.05) is 11.1 Å². The normalized spacial score (nSPS) is 16.4. The zero-order chi connectivity index (χ0) is 15.7. The monoisotopic (exact) mass is 335 g/mol. The van der Waals surface area contributed by atoms with Gasteiger partial charge < -0.3 is 5.32 Å². The van der Waals surface area contributed by atoms with E-state index in [1.54, 1.807) is 10.6 Å². The van der Waals surface area contributed by atoms with Crippen LogP contribution in [0.25, 0.3) is 0 Å². The molecular weight excluding hydrogens is 322 g/mol. The summed E-state index contributed by atoms with van der Waals surface area (Å²) in [6.07, 6.45) is 1.73. The summed E-state index contributed by atoms with van der Waals surface area (Å²) in [6, 6.07) is 6.64. The van der Waals surface area contributed by atoms with Crippen molar-refractivity contribution >= 4 is 35.0 Å². The summed E-state index contributed by atoms with van der Waals surface area (Å²) < 4.78 is 1.59. The number of thioether (sulfide) groups is 1. The van der Waals surface area contributed by atoms with Crippen molar-refractivity contribution < 1.29 is 4.79 Å². The minimum atomic E-state index is -0.165. The van der Waals surface area contributed by atoms with Crippen LogP contribution in [0.3, 0.4) is 0 Å². The first-order chi connectivity index (χ1) is 10.5. The molecule has 1 aliphatic rings. The van der Waals surface area contributed by atoms with E-state index < -0.39 is 0 Å². The number of fused-ring (bicyclic) bond motifs is 1. The number of benzene rings is 1. The summed E-state index contributed by atoms with van der Waals surface area (Å²) in [5, 5.41) is 4.10. The van der Waals surface area contributed by atoms with Crippen LogP contribution in [0.4, 0.5) is 5.69 Å². The van der Waals surface area contributed by atoms with E-state index in [-0.39, 0.29) is 23.9 Å². The molecule has 0 saturated heterocycles. The molecule has 1 aromatic carbocycles. The molecule has 22 heavy (non-hydrogen) atoms. The molecule has 0 unspecified atom stereocenters. The average Bonchev–Trinajstić information content (AvgIpc) is 2.87. The van der Waals surface area contributed by atoms with Crippen molar-refractivity contribution in [2.45, 2.75) is 24.5 Å². The topological polar surface area (TPSA) is 64.0 Å². The number of anilines is 1. The lowest BCUT2D eigenvalue weighted by atomic mass is 10.2. The molecule has 1 N–H and O–H groups in total. The molecule has 1 aromatic heterocycles. The fourth-order valence-electron chi connectivity index (χ4n) is 2.34. The SMILES string of the molecule is Cc1ccc(NC(=O)C[C@H]2CSc3nccc(=O)n32)cc1Cl. The Kier molecular flexibility index (Phi) is 4.22. The van der Waals surface area contributed by atoms with Crippen LogP contribution in [-0.4, -0.2) is 21.2 Å². The predicted octanol–water partition coefficient (Wildman–Crippen LogP) is 2.88. The standard InChI is InChI=1S/C15H14ClN3O2S/c1-9-2-3-10(6-12(9)16)18-13(20)7-11-8-22-15-17-5-4-14(21)19(11)15/h2-6,11H,7-8H2,1H3,(H,18,20)/t11-/m0/s1. The molecule has 0 radical (unpaired) electrons. The Bertz CT molecular complexity index is 791. The third-order valence-electron chi connectivity index (χ3n) is 3.49. The van der Waals surface area contributed by atoms with Gasteiger partial charge in [-0.15, -0.1) is 0 Å². The Balaban J connectivity index is 1.71. The molecule has 0 spiro atoms. The van der Waals surface area contributed by atoms with Gasteiger partial charge in [-0.3, -0.25) is 14.2 Å². The molecule has 0 fully saturated rings. The third-order valence-corrected chi connectivity index (χ3v) is 5.01. The first-order valence-corrected chi connectivity index (χ1v) is 8.17. The van der Waals surface area contributed by atoms with Crippen LogP contribution in [0.1, 0.15) is 18.0 Å². The van der Waals surface area contributed by atoms with Crippen LogP contribution in [0.2, 0.25) is 5.02 Å². The van der Waals surface area contributed by atoms with Gasteiger partial charge >= 0.3 is 0 Å². The number of amides is 1. The lowest BCUT2D eigenvalue weighted by molar-refractivity contribution is -0.116. The Morgan fingerprint density at radius 1 is 1.50 bits per heavy atom. The largest absolute Gasteiger partial charge is 0.326 e. The number of hydrogen-bond acceptors (Lipinski definition) is 4. The molecule has 5 nitrogen and oxygen atoms in total. The van der Waals surface area contributed by atoms with Crippen LogP contribution in [0, 0.1) is 6.92 Å². The molecule has 2 aromatic rings. The quantitative estimate of drug-likeness (QED) is 0.876. The molecule has 3 rings (SSSR count). The molecule has 1 amide bonds. The molecule has 2 heterocycles. The van der Waals surface area contributed by atoms with Crippen molar-refractivity contribution in [2.24, 2.45) is 0 Å². The number of aromatic nitrogens is 2. The first kappa shape index (κ1) is 15.1. The Morgan fingerprint density at radius 3 is 3.09 bits per heavy atom.